The number of halogens is 2. The lowest BCUT2D eigenvalue weighted by atomic mass is 10.1. The van der Waals surface area contributed by atoms with Crippen molar-refractivity contribution in [2.24, 2.45) is 0 Å². The van der Waals surface area contributed by atoms with Crippen LogP contribution in [0.1, 0.15) is 19.4 Å². The Balaban J connectivity index is 2.75. The van der Waals surface area contributed by atoms with Gasteiger partial charge in [-0.3, -0.25) is 4.79 Å². The van der Waals surface area contributed by atoms with Crippen LogP contribution in [0.3, 0.4) is 0 Å². The van der Waals surface area contributed by atoms with Crippen molar-refractivity contribution >= 4 is 17.4 Å². The summed E-state index contributed by atoms with van der Waals surface area (Å²) in [5.74, 6) is -0.778. The SMILES string of the molecule is CCOC(OCC)C(=O)Cc1cc(Cl)ccc1F. The predicted octanol–water partition coefficient (Wildman–Crippen LogP) is 2.99. The molecular weight excluding hydrogens is 259 g/mol. The molecule has 0 atom stereocenters. The predicted molar refractivity (Wildman–Crippen MR) is 67.2 cm³/mol. The van der Waals surface area contributed by atoms with Gasteiger partial charge in [-0.15, -0.1) is 0 Å². The first-order valence-electron chi connectivity index (χ1n) is 5.78. The van der Waals surface area contributed by atoms with Gasteiger partial charge in [-0.2, -0.15) is 0 Å². The van der Waals surface area contributed by atoms with E-state index < -0.39 is 12.1 Å². The fourth-order valence-corrected chi connectivity index (χ4v) is 1.68. The second-order valence-corrected chi connectivity index (χ2v) is 4.06. The smallest absolute Gasteiger partial charge is 0.218 e. The van der Waals surface area contributed by atoms with E-state index in [1.165, 1.54) is 18.2 Å². The van der Waals surface area contributed by atoms with Crippen LogP contribution in [-0.4, -0.2) is 25.3 Å². The molecule has 0 saturated heterocycles. The third kappa shape index (κ3) is 4.37. The van der Waals surface area contributed by atoms with Gasteiger partial charge in [0.2, 0.25) is 6.29 Å². The molecule has 1 rings (SSSR count). The molecule has 0 radical (unpaired) electrons. The Hall–Kier alpha value is -0.970. The number of carbonyl (C=O) groups is 1. The Morgan fingerprint density at radius 3 is 2.50 bits per heavy atom. The summed E-state index contributed by atoms with van der Waals surface area (Å²) < 4.78 is 23.8. The molecule has 0 aliphatic heterocycles. The number of ketones is 1. The second kappa shape index (κ2) is 7.46. The van der Waals surface area contributed by atoms with Crippen molar-refractivity contribution in [1.29, 1.82) is 0 Å². The summed E-state index contributed by atoms with van der Waals surface area (Å²) in [5.41, 5.74) is 0.247. The Morgan fingerprint density at radius 2 is 1.94 bits per heavy atom. The van der Waals surface area contributed by atoms with E-state index in [2.05, 4.69) is 0 Å². The average molecular weight is 275 g/mol. The number of ether oxygens (including phenoxy) is 2. The lowest BCUT2D eigenvalue weighted by Gasteiger charge is -2.15. The van der Waals surface area contributed by atoms with E-state index in [9.17, 15) is 9.18 Å². The van der Waals surface area contributed by atoms with E-state index in [1.807, 2.05) is 0 Å². The van der Waals surface area contributed by atoms with E-state index in [0.717, 1.165) is 0 Å². The Bertz CT molecular complexity index is 403. The van der Waals surface area contributed by atoms with Crippen LogP contribution in [0, 0.1) is 5.82 Å². The van der Waals surface area contributed by atoms with Crippen molar-refractivity contribution in [2.45, 2.75) is 26.6 Å². The summed E-state index contributed by atoms with van der Waals surface area (Å²) in [5, 5.41) is 0.392. The number of Topliss-reactive ketones (excluding diaryl/α,β-unsaturated/α-hetero) is 1. The number of rotatable bonds is 7. The van der Waals surface area contributed by atoms with Crippen LogP contribution >= 0.6 is 11.6 Å². The van der Waals surface area contributed by atoms with Crippen LogP contribution < -0.4 is 0 Å². The van der Waals surface area contributed by atoms with Crippen LogP contribution in [0.2, 0.25) is 5.02 Å². The topological polar surface area (TPSA) is 35.5 Å². The summed E-state index contributed by atoms with van der Waals surface area (Å²) in [4.78, 5) is 11.9. The second-order valence-electron chi connectivity index (χ2n) is 3.62. The molecule has 0 spiro atoms. The van der Waals surface area contributed by atoms with E-state index in [0.29, 0.717) is 18.2 Å². The third-order valence-electron chi connectivity index (χ3n) is 2.27. The van der Waals surface area contributed by atoms with Gasteiger partial charge in [-0.1, -0.05) is 11.6 Å². The molecule has 5 heteroatoms. The normalized spacial score (nSPS) is 10.9. The summed E-state index contributed by atoms with van der Waals surface area (Å²) >= 11 is 5.76. The Labute approximate surface area is 111 Å². The summed E-state index contributed by atoms with van der Waals surface area (Å²) in [6, 6.07) is 4.11. The minimum Gasteiger partial charge on any atom is -0.346 e. The first-order valence-corrected chi connectivity index (χ1v) is 6.16. The maximum absolute atomic E-state index is 13.5. The van der Waals surface area contributed by atoms with E-state index in [1.54, 1.807) is 13.8 Å². The largest absolute Gasteiger partial charge is 0.346 e. The van der Waals surface area contributed by atoms with Gasteiger partial charge in [-0.05, 0) is 37.6 Å². The van der Waals surface area contributed by atoms with Gasteiger partial charge < -0.3 is 9.47 Å². The highest BCUT2D eigenvalue weighted by Crippen LogP contribution is 2.16. The molecule has 0 saturated carbocycles. The molecule has 0 N–H and O–H groups in total. The van der Waals surface area contributed by atoms with Crippen molar-refractivity contribution in [3.8, 4) is 0 Å². The highest BCUT2D eigenvalue weighted by atomic mass is 35.5. The lowest BCUT2D eigenvalue weighted by molar-refractivity contribution is -0.167. The average Bonchev–Trinajstić information content (AvgIpc) is 2.33. The highest BCUT2D eigenvalue weighted by molar-refractivity contribution is 6.30. The van der Waals surface area contributed by atoms with Crippen LogP contribution in [0.4, 0.5) is 4.39 Å². The molecule has 0 aliphatic carbocycles. The standard InChI is InChI=1S/C13H16ClFO3/c1-3-17-13(18-4-2)12(16)8-9-7-10(14)5-6-11(9)15/h5-7,13H,3-4,8H2,1-2H3. The van der Waals surface area contributed by atoms with Crippen LogP contribution in [0.5, 0.6) is 0 Å². The summed E-state index contributed by atoms with van der Waals surface area (Å²) in [6.45, 7) is 4.24. The van der Waals surface area contributed by atoms with Crippen molar-refractivity contribution in [3.63, 3.8) is 0 Å². The maximum Gasteiger partial charge on any atom is 0.218 e. The molecule has 3 nitrogen and oxygen atoms in total. The fourth-order valence-electron chi connectivity index (χ4n) is 1.49. The first-order chi connectivity index (χ1) is 8.58. The van der Waals surface area contributed by atoms with Gasteiger partial charge in [0.15, 0.2) is 5.78 Å². The molecule has 0 aliphatic rings. The van der Waals surface area contributed by atoms with Crippen molar-refractivity contribution in [2.75, 3.05) is 13.2 Å². The lowest BCUT2D eigenvalue weighted by Crippen LogP contribution is -2.29. The third-order valence-corrected chi connectivity index (χ3v) is 2.51. The summed E-state index contributed by atoms with van der Waals surface area (Å²) in [7, 11) is 0. The molecule has 0 amide bonds. The minimum atomic E-state index is -0.946. The number of benzene rings is 1. The summed E-state index contributed by atoms with van der Waals surface area (Å²) in [6.07, 6.45) is -1.05. The fraction of sp³-hybridized carbons (Fsp3) is 0.462. The van der Waals surface area contributed by atoms with Gasteiger partial charge in [-0.25, -0.2) is 4.39 Å². The van der Waals surface area contributed by atoms with E-state index in [4.69, 9.17) is 21.1 Å². The molecule has 0 fully saturated rings. The monoisotopic (exact) mass is 274 g/mol. The molecule has 0 unspecified atom stereocenters. The molecule has 18 heavy (non-hydrogen) atoms. The van der Waals surface area contributed by atoms with E-state index in [-0.39, 0.29) is 17.8 Å². The van der Waals surface area contributed by atoms with Crippen LogP contribution in [0.25, 0.3) is 0 Å². The van der Waals surface area contributed by atoms with Gasteiger partial charge in [0.05, 0.1) is 0 Å². The van der Waals surface area contributed by atoms with Gasteiger partial charge in [0, 0.05) is 24.7 Å². The maximum atomic E-state index is 13.5. The molecule has 1 aromatic carbocycles. The zero-order chi connectivity index (χ0) is 13.5. The quantitative estimate of drug-likeness (QED) is 0.717. The minimum absolute atomic E-state index is 0.100. The van der Waals surface area contributed by atoms with Gasteiger partial charge in [0.1, 0.15) is 5.82 Å². The molecule has 0 heterocycles. The van der Waals surface area contributed by atoms with Gasteiger partial charge in [0.25, 0.3) is 0 Å². The van der Waals surface area contributed by atoms with Gasteiger partial charge >= 0.3 is 0 Å². The van der Waals surface area contributed by atoms with E-state index >= 15 is 0 Å². The van der Waals surface area contributed by atoms with Crippen molar-refractivity contribution < 1.29 is 18.7 Å². The number of hydrogen-bond acceptors (Lipinski definition) is 3. The molecule has 0 aromatic heterocycles. The number of carbonyl (C=O) groups excluding carboxylic acids is 1. The molecule has 1 aromatic rings. The van der Waals surface area contributed by atoms with Crippen LogP contribution in [-0.2, 0) is 20.7 Å². The first kappa shape index (κ1) is 15.1. The van der Waals surface area contributed by atoms with Crippen molar-refractivity contribution in [1.82, 2.24) is 0 Å². The zero-order valence-electron chi connectivity index (χ0n) is 10.4. The molecular formula is C13H16ClFO3. The molecule has 0 bridgehead atoms. The number of hydrogen-bond donors (Lipinski definition) is 0. The Kier molecular flexibility index (Phi) is 6.25. The zero-order valence-corrected chi connectivity index (χ0v) is 11.2. The molecule has 100 valence electrons. The van der Waals surface area contributed by atoms with Crippen molar-refractivity contribution in [3.05, 3.63) is 34.6 Å². The Morgan fingerprint density at radius 1 is 1.33 bits per heavy atom. The highest BCUT2D eigenvalue weighted by Gasteiger charge is 2.20. The van der Waals surface area contributed by atoms with Crippen LogP contribution in [0.15, 0.2) is 18.2 Å².